The molecule has 0 spiro atoms. The van der Waals surface area contributed by atoms with Crippen LogP contribution in [0, 0.1) is 5.92 Å². The maximum absolute atomic E-state index is 12.2. The van der Waals surface area contributed by atoms with E-state index in [9.17, 15) is 4.79 Å². The molecule has 3 rings (SSSR count). The number of nitrogen functional groups attached to an aromatic ring is 1. The summed E-state index contributed by atoms with van der Waals surface area (Å²) in [6.07, 6.45) is 2.08. The second-order valence-corrected chi connectivity index (χ2v) is 6.84. The van der Waals surface area contributed by atoms with Gasteiger partial charge in [0.25, 0.3) is 0 Å². The summed E-state index contributed by atoms with van der Waals surface area (Å²) in [7, 11) is 2.15. The van der Waals surface area contributed by atoms with Gasteiger partial charge >= 0.3 is 0 Å². The van der Waals surface area contributed by atoms with Crippen LogP contribution in [0.3, 0.4) is 0 Å². The third-order valence-electron chi connectivity index (χ3n) is 4.03. The number of hydrogen-bond acceptors (Lipinski definition) is 5. The molecule has 1 atom stereocenters. The Morgan fingerprint density at radius 3 is 2.79 bits per heavy atom. The van der Waals surface area contributed by atoms with Crippen molar-refractivity contribution in [1.29, 1.82) is 0 Å². The molecule has 0 bridgehead atoms. The predicted octanol–water partition coefficient (Wildman–Crippen LogP) is 2.06. The highest BCUT2D eigenvalue weighted by Gasteiger charge is 2.33. The maximum Gasteiger partial charge on any atom is 0.178 e. The highest BCUT2D eigenvalue weighted by Crippen LogP contribution is 2.40. The van der Waals surface area contributed by atoms with Gasteiger partial charge in [-0.05, 0) is 32.9 Å². The number of thiophene rings is 1. The Balaban J connectivity index is 1.81. The number of Topliss-reactive ketones (excluding diaryl/α,β-unsaturated/α-hetero) is 1. The summed E-state index contributed by atoms with van der Waals surface area (Å²) in [5, 5.41) is 1.15. The highest BCUT2D eigenvalue weighted by atomic mass is 32.1. The first-order valence-electron chi connectivity index (χ1n) is 6.95. The average molecular weight is 279 g/mol. The molecule has 5 heteroatoms. The van der Waals surface area contributed by atoms with E-state index in [0.29, 0.717) is 11.7 Å². The van der Waals surface area contributed by atoms with Crippen LogP contribution in [0.1, 0.15) is 29.4 Å². The zero-order chi connectivity index (χ0) is 13.6. The van der Waals surface area contributed by atoms with Gasteiger partial charge in [0.1, 0.15) is 0 Å². The Morgan fingerprint density at radius 1 is 1.42 bits per heavy atom. The van der Waals surface area contributed by atoms with Crippen LogP contribution in [0.4, 0.5) is 10.7 Å². The van der Waals surface area contributed by atoms with E-state index >= 15 is 0 Å². The lowest BCUT2D eigenvalue weighted by molar-refractivity contribution is 0.0972. The maximum atomic E-state index is 12.2. The Kier molecular flexibility index (Phi) is 3.27. The van der Waals surface area contributed by atoms with Crippen molar-refractivity contribution in [3.63, 3.8) is 0 Å². The molecule has 4 nitrogen and oxygen atoms in total. The second kappa shape index (κ2) is 4.80. The molecule has 2 heterocycles. The molecule has 2 aliphatic rings. The van der Waals surface area contributed by atoms with Crippen molar-refractivity contribution in [2.75, 3.05) is 37.3 Å². The Hall–Kier alpha value is -1.07. The van der Waals surface area contributed by atoms with Crippen LogP contribution in [0.2, 0.25) is 0 Å². The number of rotatable bonds is 3. The lowest BCUT2D eigenvalue weighted by atomic mass is 10.2. The molecular weight excluding hydrogens is 258 g/mol. The largest absolute Gasteiger partial charge is 0.397 e. The fraction of sp³-hybridized carbons (Fsp3) is 0.643. The zero-order valence-corrected chi connectivity index (χ0v) is 12.4. The van der Waals surface area contributed by atoms with Gasteiger partial charge in [-0.25, -0.2) is 0 Å². The monoisotopic (exact) mass is 279 g/mol. The minimum absolute atomic E-state index is 0.249. The van der Waals surface area contributed by atoms with E-state index in [1.54, 1.807) is 11.3 Å². The number of carbonyl (C=O) groups is 1. The summed E-state index contributed by atoms with van der Waals surface area (Å²) >= 11 is 1.58. The minimum atomic E-state index is 0.249. The summed E-state index contributed by atoms with van der Waals surface area (Å²) in [5.74, 6) is 0.509. The normalized spacial score (nSPS) is 24.7. The molecule has 1 aliphatic carbocycles. The summed E-state index contributed by atoms with van der Waals surface area (Å²) in [5.41, 5.74) is 6.71. The van der Waals surface area contributed by atoms with Crippen LogP contribution in [0.5, 0.6) is 0 Å². The molecule has 0 aromatic carbocycles. The van der Waals surface area contributed by atoms with Gasteiger partial charge in [-0.3, -0.25) is 4.79 Å². The molecule has 0 radical (unpaired) electrons. The van der Waals surface area contributed by atoms with Crippen molar-refractivity contribution in [2.24, 2.45) is 5.92 Å². The topological polar surface area (TPSA) is 49.6 Å². The van der Waals surface area contributed by atoms with E-state index in [0.717, 1.165) is 42.4 Å². The van der Waals surface area contributed by atoms with E-state index in [1.165, 1.54) is 0 Å². The number of anilines is 2. The van der Waals surface area contributed by atoms with Crippen molar-refractivity contribution in [2.45, 2.75) is 25.8 Å². The standard InChI is InChI=1S/C14H21N3OS/c1-9-8-16(2)5-6-17(9)12-7-11(15)14(19-12)13(18)10-3-4-10/h7,9-10H,3-6,8,15H2,1-2H3. The molecule has 1 saturated heterocycles. The van der Waals surface area contributed by atoms with Gasteiger partial charge in [0.2, 0.25) is 0 Å². The third kappa shape index (κ3) is 2.49. The van der Waals surface area contributed by atoms with Crippen LogP contribution in [-0.2, 0) is 0 Å². The number of hydrogen-bond donors (Lipinski definition) is 1. The van der Waals surface area contributed by atoms with Crippen molar-refractivity contribution < 1.29 is 4.79 Å². The SMILES string of the molecule is CC1CN(C)CCN1c1cc(N)c(C(=O)C2CC2)s1. The van der Waals surface area contributed by atoms with Gasteiger partial charge in [-0.2, -0.15) is 0 Å². The molecule has 19 heavy (non-hydrogen) atoms. The molecule has 1 aromatic heterocycles. The summed E-state index contributed by atoms with van der Waals surface area (Å²) < 4.78 is 0. The fourth-order valence-corrected chi connectivity index (χ4v) is 3.95. The van der Waals surface area contributed by atoms with Crippen LogP contribution in [0.15, 0.2) is 6.07 Å². The fourth-order valence-electron chi connectivity index (χ4n) is 2.72. The van der Waals surface area contributed by atoms with Crippen molar-refractivity contribution in [1.82, 2.24) is 4.90 Å². The number of nitrogens with zero attached hydrogens (tertiary/aromatic N) is 2. The first-order valence-corrected chi connectivity index (χ1v) is 7.76. The van der Waals surface area contributed by atoms with Crippen molar-refractivity contribution in [3.05, 3.63) is 10.9 Å². The molecule has 0 amide bonds. The Morgan fingerprint density at radius 2 is 2.16 bits per heavy atom. The summed E-state index contributed by atoms with van der Waals surface area (Å²) in [6, 6.07) is 2.46. The molecule has 1 saturated carbocycles. The van der Waals surface area contributed by atoms with Gasteiger partial charge in [-0.15, -0.1) is 11.3 Å². The van der Waals surface area contributed by atoms with Crippen molar-refractivity contribution in [3.8, 4) is 0 Å². The third-order valence-corrected chi connectivity index (χ3v) is 5.24. The Bertz CT molecular complexity index is 495. The molecule has 1 aliphatic heterocycles. The van der Waals surface area contributed by atoms with Gasteiger partial charge in [-0.1, -0.05) is 0 Å². The Labute approximate surface area is 118 Å². The first kappa shape index (κ1) is 12.9. The average Bonchev–Trinajstić information content (AvgIpc) is 3.12. The lowest BCUT2D eigenvalue weighted by Gasteiger charge is -2.38. The van der Waals surface area contributed by atoms with E-state index in [1.807, 2.05) is 6.07 Å². The minimum Gasteiger partial charge on any atom is -0.397 e. The second-order valence-electron chi connectivity index (χ2n) is 5.81. The van der Waals surface area contributed by atoms with Crippen LogP contribution in [0.25, 0.3) is 0 Å². The molecule has 1 aromatic rings. The smallest absolute Gasteiger partial charge is 0.178 e. The van der Waals surface area contributed by atoms with Crippen LogP contribution >= 0.6 is 11.3 Å². The van der Waals surface area contributed by atoms with Gasteiger partial charge in [0.15, 0.2) is 5.78 Å². The highest BCUT2D eigenvalue weighted by molar-refractivity contribution is 7.18. The van der Waals surface area contributed by atoms with E-state index in [-0.39, 0.29) is 11.7 Å². The van der Waals surface area contributed by atoms with E-state index in [2.05, 4.69) is 23.8 Å². The summed E-state index contributed by atoms with van der Waals surface area (Å²) in [4.78, 5) is 17.7. The lowest BCUT2D eigenvalue weighted by Crippen LogP contribution is -2.50. The molecular formula is C14H21N3OS. The number of likely N-dealkylation sites (N-methyl/N-ethyl adjacent to an activating group) is 1. The van der Waals surface area contributed by atoms with Crippen molar-refractivity contribution >= 4 is 27.8 Å². The van der Waals surface area contributed by atoms with E-state index in [4.69, 9.17) is 5.73 Å². The number of piperazine rings is 1. The van der Waals surface area contributed by atoms with Gasteiger partial charge < -0.3 is 15.5 Å². The van der Waals surface area contributed by atoms with Gasteiger partial charge in [0, 0.05) is 31.6 Å². The number of carbonyl (C=O) groups excluding carboxylic acids is 1. The van der Waals surface area contributed by atoms with Crippen LogP contribution in [-0.4, -0.2) is 43.4 Å². The molecule has 104 valence electrons. The molecule has 2 fully saturated rings. The van der Waals surface area contributed by atoms with Gasteiger partial charge in [0.05, 0.1) is 15.6 Å². The van der Waals surface area contributed by atoms with E-state index < -0.39 is 0 Å². The summed E-state index contributed by atoms with van der Waals surface area (Å²) in [6.45, 7) is 5.36. The molecule has 1 unspecified atom stereocenters. The number of ketones is 1. The quantitative estimate of drug-likeness (QED) is 0.861. The molecule has 2 N–H and O–H groups in total. The first-order chi connectivity index (χ1) is 9.06. The van der Waals surface area contributed by atoms with Crippen LogP contribution < -0.4 is 10.6 Å². The number of nitrogens with two attached hydrogens (primary N) is 1. The zero-order valence-electron chi connectivity index (χ0n) is 11.6. The predicted molar refractivity (Wildman–Crippen MR) is 80.1 cm³/mol.